The summed E-state index contributed by atoms with van der Waals surface area (Å²) in [5.41, 5.74) is 5.79. The summed E-state index contributed by atoms with van der Waals surface area (Å²) in [5.74, 6) is 2.80. The second-order valence-corrected chi connectivity index (χ2v) is 4.83. The van der Waals surface area contributed by atoms with E-state index in [1.807, 2.05) is 0 Å². The number of nitrogen functional groups attached to an aromatic ring is 1. The maximum Gasteiger partial charge on any atom is 0.136 e. The maximum atomic E-state index is 5.79. The SMILES string of the molecule is Nc1cc(NCC2CCCO2)nc(C2CC2)n1. The largest absolute Gasteiger partial charge is 0.384 e. The Morgan fingerprint density at radius 1 is 1.35 bits per heavy atom. The highest BCUT2D eigenvalue weighted by molar-refractivity contribution is 5.45. The molecule has 1 atom stereocenters. The van der Waals surface area contributed by atoms with Gasteiger partial charge in [-0.25, -0.2) is 9.97 Å². The van der Waals surface area contributed by atoms with Crippen LogP contribution in [0.3, 0.4) is 0 Å². The molecule has 1 saturated heterocycles. The monoisotopic (exact) mass is 234 g/mol. The highest BCUT2D eigenvalue weighted by Gasteiger charge is 2.27. The lowest BCUT2D eigenvalue weighted by Crippen LogP contribution is -2.19. The standard InChI is InChI=1S/C12H18N4O/c13-10-6-11(14-7-9-2-1-5-17-9)16-12(15-10)8-3-4-8/h6,8-9H,1-5,7H2,(H3,13,14,15,16). The quantitative estimate of drug-likeness (QED) is 0.826. The van der Waals surface area contributed by atoms with Gasteiger partial charge in [-0.3, -0.25) is 0 Å². The fraction of sp³-hybridized carbons (Fsp3) is 0.667. The second-order valence-electron chi connectivity index (χ2n) is 4.83. The first-order chi connectivity index (χ1) is 8.31. The third-order valence-corrected chi connectivity index (χ3v) is 3.24. The van der Waals surface area contributed by atoms with Gasteiger partial charge in [0.15, 0.2) is 0 Å². The highest BCUT2D eigenvalue weighted by atomic mass is 16.5. The Hall–Kier alpha value is -1.36. The van der Waals surface area contributed by atoms with E-state index in [1.165, 1.54) is 12.8 Å². The fourth-order valence-corrected chi connectivity index (χ4v) is 2.12. The molecule has 3 rings (SSSR count). The minimum absolute atomic E-state index is 0.315. The summed E-state index contributed by atoms with van der Waals surface area (Å²) in [5, 5.41) is 3.29. The van der Waals surface area contributed by atoms with Gasteiger partial charge in [-0.15, -0.1) is 0 Å². The number of nitrogens with two attached hydrogens (primary N) is 1. The summed E-state index contributed by atoms with van der Waals surface area (Å²) in [4.78, 5) is 8.77. The molecule has 1 aliphatic carbocycles. The van der Waals surface area contributed by atoms with Crippen LogP contribution in [0.15, 0.2) is 6.07 Å². The van der Waals surface area contributed by atoms with Gasteiger partial charge in [0.1, 0.15) is 17.5 Å². The third-order valence-electron chi connectivity index (χ3n) is 3.24. The van der Waals surface area contributed by atoms with E-state index in [-0.39, 0.29) is 0 Å². The van der Waals surface area contributed by atoms with Crippen LogP contribution in [0, 0.1) is 0 Å². The van der Waals surface area contributed by atoms with E-state index in [0.29, 0.717) is 17.8 Å². The van der Waals surface area contributed by atoms with Gasteiger partial charge >= 0.3 is 0 Å². The molecule has 1 aromatic rings. The Balaban J connectivity index is 1.64. The van der Waals surface area contributed by atoms with Crippen LogP contribution >= 0.6 is 0 Å². The number of rotatable bonds is 4. The lowest BCUT2D eigenvalue weighted by molar-refractivity contribution is 0.120. The zero-order valence-electron chi connectivity index (χ0n) is 9.85. The summed E-state index contributed by atoms with van der Waals surface area (Å²) in [6.07, 6.45) is 4.98. The van der Waals surface area contributed by atoms with Crippen molar-refractivity contribution in [3.8, 4) is 0 Å². The molecule has 0 spiro atoms. The lowest BCUT2D eigenvalue weighted by Gasteiger charge is -2.12. The van der Waals surface area contributed by atoms with Crippen LogP contribution in [0.5, 0.6) is 0 Å². The summed E-state index contributed by atoms with van der Waals surface area (Å²) in [6, 6.07) is 1.79. The molecule has 5 nitrogen and oxygen atoms in total. The topological polar surface area (TPSA) is 73.1 Å². The van der Waals surface area contributed by atoms with Crippen molar-refractivity contribution in [3.63, 3.8) is 0 Å². The normalized spacial score (nSPS) is 23.9. The van der Waals surface area contributed by atoms with Gasteiger partial charge in [0, 0.05) is 25.1 Å². The summed E-state index contributed by atoms with van der Waals surface area (Å²) < 4.78 is 5.56. The molecule has 1 aromatic heterocycles. The van der Waals surface area contributed by atoms with Crippen LogP contribution in [0.4, 0.5) is 11.6 Å². The molecular formula is C12H18N4O. The molecule has 0 bridgehead atoms. The van der Waals surface area contributed by atoms with Gasteiger partial charge in [0.05, 0.1) is 6.10 Å². The predicted molar refractivity (Wildman–Crippen MR) is 65.9 cm³/mol. The van der Waals surface area contributed by atoms with E-state index >= 15 is 0 Å². The molecule has 2 aliphatic rings. The zero-order valence-corrected chi connectivity index (χ0v) is 9.85. The van der Waals surface area contributed by atoms with Crippen LogP contribution in [0.1, 0.15) is 37.4 Å². The van der Waals surface area contributed by atoms with Gasteiger partial charge < -0.3 is 15.8 Å². The minimum atomic E-state index is 0.315. The van der Waals surface area contributed by atoms with Crippen LogP contribution in [0.25, 0.3) is 0 Å². The number of hydrogen-bond acceptors (Lipinski definition) is 5. The zero-order chi connectivity index (χ0) is 11.7. The van der Waals surface area contributed by atoms with Gasteiger partial charge in [-0.05, 0) is 25.7 Å². The summed E-state index contributed by atoms with van der Waals surface area (Å²) in [6.45, 7) is 1.69. The van der Waals surface area contributed by atoms with Crippen LogP contribution in [0.2, 0.25) is 0 Å². The first kappa shape index (κ1) is 10.8. The predicted octanol–water partition coefficient (Wildman–Crippen LogP) is 1.53. The van der Waals surface area contributed by atoms with Crippen molar-refractivity contribution in [2.75, 3.05) is 24.2 Å². The van der Waals surface area contributed by atoms with Crippen LogP contribution < -0.4 is 11.1 Å². The van der Waals surface area contributed by atoms with E-state index in [1.54, 1.807) is 6.07 Å². The molecule has 0 amide bonds. The number of anilines is 2. The van der Waals surface area contributed by atoms with Crippen molar-refractivity contribution < 1.29 is 4.74 Å². The smallest absolute Gasteiger partial charge is 0.136 e. The third kappa shape index (κ3) is 2.66. The van der Waals surface area contributed by atoms with E-state index < -0.39 is 0 Å². The van der Waals surface area contributed by atoms with Crippen molar-refractivity contribution in [1.29, 1.82) is 0 Å². The molecule has 92 valence electrons. The Morgan fingerprint density at radius 3 is 2.94 bits per heavy atom. The molecule has 2 heterocycles. The number of hydrogen-bond donors (Lipinski definition) is 2. The Labute approximate surface area is 101 Å². The molecule has 0 radical (unpaired) electrons. The van der Waals surface area contributed by atoms with Crippen molar-refractivity contribution in [1.82, 2.24) is 9.97 Å². The molecule has 17 heavy (non-hydrogen) atoms. The van der Waals surface area contributed by atoms with Gasteiger partial charge in [-0.2, -0.15) is 0 Å². The van der Waals surface area contributed by atoms with Crippen molar-refractivity contribution in [2.45, 2.75) is 37.7 Å². The number of nitrogens with one attached hydrogen (secondary N) is 1. The van der Waals surface area contributed by atoms with Crippen LogP contribution in [-0.2, 0) is 4.74 Å². The Bertz CT molecular complexity index is 399. The average molecular weight is 234 g/mol. The molecule has 3 N–H and O–H groups in total. The number of aromatic nitrogens is 2. The summed E-state index contributed by atoms with van der Waals surface area (Å²) >= 11 is 0. The number of ether oxygens (including phenoxy) is 1. The Kier molecular flexibility index (Phi) is 2.84. The lowest BCUT2D eigenvalue weighted by atomic mass is 10.2. The second kappa shape index (κ2) is 4.49. The van der Waals surface area contributed by atoms with E-state index in [2.05, 4.69) is 15.3 Å². The van der Waals surface area contributed by atoms with Gasteiger partial charge in [-0.1, -0.05) is 0 Å². The van der Waals surface area contributed by atoms with E-state index in [9.17, 15) is 0 Å². The summed E-state index contributed by atoms with van der Waals surface area (Å²) in [7, 11) is 0. The fourth-order valence-electron chi connectivity index (χ4n) is 2.12. The molecule has 1 saturated carbocycles. The van der Waals surface area contributed by atoms with Gasteiger partial charge in [0.25, 0.3) is 0 Å². The first-order valence-electron chi connectivity index (χ1n) is 6.31. The average Bonchev–Trinajstić information content (AvgIpc) is 3.04. The highest BCUT2D eigenvalue weighted by Crippen LogP contribution is 2.38. The molecule has 0 aromatic carbocycles. The van der Waals surface area contributed by atoms with Gasteiger partial charge in [0.2, 0.25) is 0 Å². The van der Waals surface area contributed by atoms with E-state index in [0.717, 1.165) is 37.6 Å². The van der Waals surface area contributed by atoms with Crippen LogP contribution in [-0.4, -0.2) is 29.2 Å². The molecule has 2 fully saturated rings. The maximum absolute atomic E-state index is 5.79. The van der Waals surface area contributed by atoms with Crippen molar-refractivity contribution in [3.05, 3.63) is 11.9 Å². The Morgan fingerprint density at radius 2 is 2.24 bits per heavy atom. The van der Waals surface area contributed by atoms with Crippen molar-refractivity contribution >= 4 is 11.6 Å². The molecule has 5 heteroatoms. The molecule has 1 unspecified atom stereocenters. The van der Waals surface area contributed by atoms with Crippen molar-refractivity contribution in [2.24, 2.45) is 0 Å². The molecule has 1 aliphatic heterocycles. The van der Waals surface area contributed by atoms with E-state index in [4.69, 9.17) is 10.5 Å². The molecular weight excluding hydrogens is 216 g/mol. The first-order valence-corrected chi connectivity index (χ1v) is 6.31. The number of nitrogens with zero attached hydrogens (tertiary/aromatic N) is 2. The minimum Gasteiger partial charge on any atom is -0.384 e.